The second-order valence-corrected chi connectivity index (χ2v) is 7.65. The highest BCUT2D eigenvalue weighted by Crippen LogP contribution is 2.28. The van der Waals surface area contributed by atoms with Crippen molar-refractivity contribution in [1.82, 2.24) is 0 Å². The zero-order valence-corrected chi connectivity index (χ0v) is 17.3. The molecule has 0 aliphatic carbocycles. The molecule has 1 aliphatic heterocycles. The highest BCUT2D eigenvalue weighted by atomic mass is 16.6. The van der Waals surface area contributed by atoms with E-state index < -0.39 is 0 Å². The Labute approximate surface area is 178 Å². The largest absolute Gasteiger partial charge is 0.374 e. The summed E-state index contributed by atoms with van der Waals surface area (Å²) in [5.41, 5.74) is 4.69. The quantitative estimate of drug-likeness (QED) is 0.448. The van der Waals surface area contributed by atoms with Crippen molar-refractivity contribution in [3.63, 3.8) is 0 Å². The van der Waals surface area contributed by atoms with E-state index in [9.17, 15) is 0 Å². The summed E-state index contributed by atoms with van der Waals surface area (Å²) >= 11 is 0. The van der Waals surface area contributed by atoms with Gasteiger partial charge in [0.05, 0.1) is 19.8 Å². The standard InChI is InChI=1S/C27H28O3/c1-21-12-14-24(15-13-21)25-16-17-26(29-19-23-10-6-3-7-11-23)27(30-25)20-28-18-22-8-4-2-5-9-22/h2-17,25-27H,18-20H2,1H3/t25-,26-,27+/m0/s1. The molecule has 3 aromatic rings. The zero-order valence-electron chi connectivity index (χ0n) is 17.3. The normalized spacial score (nSPS) is 20.9. The SMILES string of the molecule is Cc1ccc([C@@H]2C=C[C@H](OCc3ccccc3)[C@@H](COCc3ccccc3)O2)cc1. The molecule has 3 heteroatoms. The lowest BCUT2D eigenvalue weighted by atomic mass is 10.0. The second kappa shape index (κ2) is 10.4. The highest BCUT2D eigenvalue weighted by Gasteiger charge is 2.29. The fourth-order valence-corrected chi connectivity index (χ4v) is 3.52. The Balaban J connectivity index is 1.42. The fraction of sp³-hybridized carbons (Fsp3) is 0.259. The average Bonchev–Trinajstić information content (AvgIpc) is 2.80. The van der Waals surface area contributed by atoms with Crippen LogP contribution in [0.25, 0.3) is 0 Å². The molecule has 0 radical (unpaired) electrons. The first-order valence-electron chi connectivity index (χ1n) is 10.5. The molecule has 3 aromatic carbocycles. The Kier molecular flexibility index (Phi) is 7.09. The molecule has 3 nitrogen and oxygen atoms in total. The van der Waals surface area contributed by atoms with Gasteiger partial charge in [0.25, 0.3) is 0 Å². The van der Waals surface area contributed by atoms with Gasteiger partial charge in [-0.15, -0.1) is 0 Å². The minimum atomic E-state index is -0.172. The molecule has 0 saturated heterocycles. The third kappa shape index (κ3) is 5.67. The smallest absolute Gasteiger partial charge is 0.112 e. The van der Waals surface area contributed by atoms with Crippen molar-refractivity contribution in [2.24, 2.45) is 0 Å². The van der Waals surface area contributed by atoms with Gasteiger partial charge in [-0.25, -0.2) is 0 Å². The van der Waals surface area contributed by atoms with Crippen LogP contribution in [0, 0.1) is 6.92 Å². The minimum Gasteiger partial charge on any atom is -0.374 e. The van der Waals surface area contributed by atoms with E-state index >= 15 is 0 Å². The van der Waals surface area contributed by atoms with Crippen LogP contribution in [0.5, 0.6) is 0 Å². The first-order valence-corrected chi connectivity index (χ1v) is 10.5. The Hall–Kier alpha value is -2.72. The third-order valence-corrected chi connectivity index (χ3v) is 5.25. The van der Waals surface area contributed by atoms with Gasteiger partial charge >= 0.3 is 0 Å². The molecular formula is C27H28O3. The maximum absolute atomic E-state index is 6.41. The second-order valence-electron chi connectivity index (χ2n) is 7.65. The summed E-state index contributed by atoms with van der Waals surface area (Å²) in [4.78, 5) is 0. The van der Waals surface area contributed by atoms with Crippen LogP contribution in [0.3, 0.4) is 0 Å². The summed E-state index contributed by atoms with van der Waals surface area (Å²) in [7, 11) is 0. The van der Waals surface area contributed by atoms with Gasteiger partial charge in [0, 0.05) is 0 Å². The summed E-state index contributed by atoms with van der Waals surface area (Å²) < 4.78 is 18.6. The van der Waals surface area contributed by atoms with E-state index in [1.807, 2.05) is 36.4 Å². The molecule has 154 valence electrons. The van der Waals surface area contributed by atoms with Crippen LogP contribution in [0.15, 0.2) is 97.1 Å². The first kappa shape index (κ1) is 20.5. The number of hydrogen-bond donors (Lipinski definition) is 0. The molecule has 1 heterocycles. The fourth-order valence-electron chi connectivity index (χ4n) is 3.52. The van der Waals surface area contributed by atoms with Crippen molar-refractivity contribution in [2.45, 2.75) is 38.4 Å². The molecule has 4 rings (SSSR count). The molecule has 3 atom stereocenters. The van der Waals surface area contributed by atoms with E-state index in [0.29, 0.717) is 19.8 Å². The monoisotopic (exact) mass is 400 g/mol. The van der Waals surface area contributed by atoms with Gasteiger partial charge in [0.1, 0.15) is 18.3 Å². The van der Waals surface area contributed by atoms with E-state index in [0.717, 1.165) is 16.7 Å². The predicted molar refractivity (Wildman–Crippen MR) is 119 cm³/mol. The molecule has 0 saturated carbocycles. The lowest BCUT2D eigenvalue weighted by molar-refractivity contribution is -0.120. The molecule has 0 fully saturated rings. The van der Waals surface area contributed by atoms with E-state index in [1.165, 1.54) is 5.56 Å². The molecular weight excluding hydrogens is 372 g/mol. The molecule has 1 aliphatic rings. The van der Waals surface area contributed by atoms with Crippen molar-refractivity contribution in [2.75, 3.05) is 6.61 Å². The lowest BCUT2D eigenvalue weighted by Crippen LogP contribution is -2.38. The van der Waals surface area contributed by atoms with Gasteiger partial charge in [-0.05, 0) is 23.6 Å². The number of ether oxygens (including phenoxy) is 3. The lowest BCUT2D eigenvalue weighted by Gasteiger charge is -2.32. The number of aryl methyl sites for hydroxylation is 1. The van der Waals surface area contributed by atoms with E-state index in [4.69, 9.17) is 14.2 Å². The molecule has 0 unspecified atom stereocenters. The number of benzene rings is 3. The summed E-state index contributed by atoms with van der Waals surface area (Å²) in [5, 5.41) is 0. The van der Waals surface area contributed by atoms with Crippen molar-refractivity contribution in [3.05, 3.63) is 119 Å². The summed E-state index contributed by atoms with van der Waals surface area (Å²) in [5.74, 6) is 0. The van der Waals surface area contributed by atoms with Crippen LogP contribution in [-0.4, -0.2) is 18.8 Å². The summed E-state index contributed by atoms with van der Waals surface area (Å²) in [6.07, 6.45) is 3.80. The van der Waals surface area contributed by atoms with Gasteiger partial charge in [-0.2, -0.15) is 0 Å². The number of rotatable bonds is 8. The van der Waals surface area contributed by atoms with Gasteiger partial charge < -0.3 is 14.2 Å². The van der Waals surface area contributed by atoms with E-state index in [2.05, 4.69) is 67.6 Å². The van der Waals surface area contributed by atoms with Crippen LogP contribution >= 0.6 is 0 Å². The maximum atomic E-state index is 6.41. The first-order chi connectivity index (χ1) is 14.8. The number of hydrogen-bond acceptors (Lipinski definition) is 3. The van der Waals surface area contributed by atoms with Crippen molar-refractivity contribution >= 4 is 0 Å². The molecule has 0 aromatic heterocycles. The van der Waals surface area contributed by atoms with Crippen LogP contribution in [0.1, 0.15) is 28.4 Å². The summed E-state index contributed by atoms with van der Waals surface area (Å²) in [6, 6.07) is 28.9. The molecule has 30 heavy (non-hydrogen) atoms. The molecule has 0 amide bonds. The Morgan fingerprint density at radius 1 is 0.733 bits per heavy atom. The van der Waals surface area contributed by atoms with Crippen LogP contribution in [0.4, 0.5) is 0 Å². The van der Waals surface area contributed by atoms with Crippen molar-refractivity contribution in [1.29, 1.82) is 0 Å². The van der Waals surface area contributed by atoms with Crippen LogP contribution < -0.4 is 0 Å². The third-order valence-electron chi connectivity index (χ3n) is 5.25. The molecule has 0 bridgehead atoms. The van der Waals surface area contributed by atoms with Gasteiger partial charge in [-0.1, -0.05) is 103 Å². The Morgan fingerprint density at radius 3 is 2.03 bits per heavy atom. The topological polar surface area (TPSA) is 27.7 Å². The predicted octanol–water partition coefficient (Wildman–Crippen LogP) is 5.79. The van der Waals surface area contributed by atoms with Gasteiger partial charge in [0.15, 0.2) is 0 Å². The van der Waals surface area contributed by atoms with E-state index in [1.54, 1.807) is 0 Å². The van der Waals surface area contributed by atoms with Crippen molar-refractivity contribution < 1.29 is 14.2 Å². The Morgan fingerprint density at radius 2 is 1.37 bits per heavy atom. The van der Waals surface area contributed by atoms with Crippen LogP contribution in [-0.2, 0) is 27.4 Å². The zero-order chi connectivity index (χ0) is 20.6. The molecule has 0 spiro atoms. The van der Waals surface area contributed by atoms with Crippen molar-refractivity contribution in [3.8, 4) is 0 Å². The Bertz CT molecular complexity index is 919. The highest BCUT2D eigenvalue weighted by molar-refractivity contribution is 5.27. The summed E-state index contributed by atoms with van der Waals surface area (Å²) in [6.45, 7) is 3.67. The van der Waals surface area contributed by atoms with Gasteiger partial charge in [0.2, 0.25) is 0 Å². The minimum absolute atomic E-state index is 0.0903. The molecule has 0 N–H and O–H groups in total. The van der Waals surface area contributed by atoms with E-state index in [-0.39, 0.29) is 18.3 Å². The van der Waals surface area contributed by atoms with Gasteiger partial charge in [-0.3, -0.25) is 0 Å². The van der Waals surface area contributed by atoms with Crippen LogP contribution in [0.2, 0.25) is 0 Å². The maximum Gasteiger partial charge on any atom is 0.112 e. The average molecular weight is 401 g/mol.